The third-order valence-corrected chi connectivity index (χ3v) is 4.69. The lowest BCUT2D eigenvalue weighted by Gasteiger charge is -2.36. The summed E-state index contributed by atoms with van der Waals surface area (Å²) in [6.07, 6.45) is 2.96. The standard InChI is InChI=1S/C20H22O7/c1-2-25-20-12(7-5-9-21)14(10-17(27-20)19(23)24)15-11-26-16-8-4-3-6-13(16)18(15)22/h3-4,6,8,10-12,14,20-21H,2,5,7,9H2,1H3,(H,23,24)/t12-,14-,20+/m1/s1. The molecule has 0 spiro atoms. The maximum atomic E-state index is 13.0. The monoisotopic (exact) mass is 374 g/mol. The minimum absolute atomic E-state index is 0.0239. The molecule has 0 saturated carbocycles. The van der Waals surface area contributed by atoms with E-state index in [0.717, 1.165) is 0 Å². The summed E-state index contributed by atoms with van der Waals surface area (Å²) in [6.45, 7) is 2.08. The van der Waals surface area contributed by atoms with Crippen molar-refractivity contribution in [2.24, 2.45) is 5.92 Å². The van der Waals surface area contributed by atoms with Crippen molar-refractivity contribution < 1.29 is 28.9 Å². The number of para-hydroxylation sites is 1. The van der Waals surface area contributed by atoms with Crippen LogP contribution in [0.1, 0.15) is 31.2 Å². The SMILES string of the molecule is CCO[C@H]1OC(C(=O)O)=C[C@@H](c2coc3ccccc3c2=O)[C@H]1CCCO. The molecule has 0 radical (unpaired) electrons. The Kier molecular flexibility index (Phi) is 5.93. The van der Waals surface area contributed by atoms with E-state index >= 15 is 0 Å². The van der Waals surface area contributed by atoms with Gasteiger partial charge in [-0.3, -0.25) is 4.79 Å². The number of hydrogen-bond donors (Lipinski definition) is 2. The molecular weight excluding hydrogens is 352 g/mol. The fourth-order valence-electron chi connectivity index (χ4n) is 3.44. The van der Waals surface area contributed by atoms with Crippen molar-refractivity contribution >= 4 is 16.9 Å². The van der Waals surface area contributed by atoms with Crippen LogP contribution in [0.3, 0.4) is 0 Å². The predicted molar refractivity (Wildman–Crippen MR) is 97.3 cm³/mol. The zero-order valence-corrected chi connectivity index (χ0v) is 15.0. The highest BCUT2D eigenvalue weighted by atomic mass is 16.7. The summed E-state index contributed by atoms with van der Waals surface area (Å²) in [5, 5.41) is 19.1. The Morgan fingerprint density at radius 2 is 2.07 bits per heavy atom. The van der Waals surface area contributed by atoms with Crippen LogP contribution in [0.15, 0.2) is 51.6 Å². The second-order valence-corrected chi connectivity index (χ2v) is 6.35. The number of fused-ring (bicyclic) bond motifs is 1. The van der Waals surface area contributed by atoms with Gasteiger partial charge < -0.3 is 24.1 Å². The molecule has 0 bridgehead atoms. The molecule has 1 aliphatic rings. The maximum absolute atomic E-state index is 13.0. The molecule has 2 aromatic rings. The van der Waals surface area contributed by atoms with Crippen LogP contribution in [0.2, 0.25) is 0 Å². The number of hydrogen-bond acceptors (Lipinski definition) is 6. The van der Waals surface area contributed by atoms with Gasteiger partial charge in [0, 0.05) is 30.6 Å². The van der Waals surface area contributed by atoms with Gasteiger partial charge in [-0.25, -0.2) is 4.79 Å². The lowest BCUT2D eigenvalue weighted by molar-refractivity contribution is -0.173. The summed E-state index contributed by atoms with van der Waals surface area (Å²) in [6, 6.07) is 6.90. The van der Waals surface area contributed by atoms with Crippen LogP contribution < -0.4 is 5.43 Å². The molecule has 7 heteroatoms. The van der Waals surface area contributed by atoms with Crippen LogP contribution in [-0.2, 0) is 14.3 Å². The summed E-state index contributed by atoms with van der Waals surface area (Å²) in [5.74, 6) is -2.38. The quantitative estimate of drug-likeness (QED) is 0.767. The molecule has 0 amide bonds. The number of ether oxygens (including phenoxy) is 2. The Balaban J connectivity index is 2.12. The fraction of sp³-hybridized carbons (Fsp3) is 0.400. The summed E-state index contributed by atoms with van der Waals surface area (Å²) in [7, 11) is 0. The zero-order valence-electron chi connectivity index (χ0n) is 15.0. The third-order valence-electron chi connectivity index (χ3n) is 4.69. The minimum Gasteiger partial charge on any atom is -0.475 e. The molecule has 3 rings (SSSR count). The Morgan fingerprint density at radius 1 is 1.30 bits per heavy atom. The van der Waals surface area contributed by atoms with Crippen LogP contribution in [0.4, 0.5) is 0 Å². The highest BCUT2D eigenvalue weighted by Gasteiger charge is 2.39. The molecule has 1 aromatic heterocycles. The van der Waals surface area contributed by atoms with E-state index in [0.29, 0.717) is 36.0 Å². The molecule has 0 fully saturated rings. The van der Waals surface area contributed by atoms with E-state index in [1.807, 2.05) is 0 Å². The van der Waals surface area contributed by atoms with E-state index < -0.39 is 18.2 Å². The average Bonchev–Trinajstić information content (AvgIpc) is 2.67. The number of rotatable bonds is 7. The van der Waals surface area contributed by atoms with Crippen LogP contribution in [0.5, 0.6) is 0 Å². The van der Waals surface area contributed by atoms with Gasteiger partial charge in [0.25, 0.3) is 0 Å². The first kappa shape index (κ1) is 19.1. The van der Waals surface area contributed by atoms with Gasteiger partial charge in [0.1, 0.15) is 5.58 Å². The molecule has 0 unspecified atom stereocenters. The maximum Gasteiger partial charge on any atom is 0.370 e. The van der Waals surface area contributed by atoms with Crippen LogP contribution >= 0.6 is 0 Å². The lowest BCUT2D eigenvalue weighted by atomic mass is 9.81. The van der Waals surface area contributed by atoms with Crippen molar-refractivity contribution in [1.29, 1.82) is 0 Å². The number of aliphatic hydroxyl groups is 1. The molecule has 3 atom stereocenters. The zero-order chi connectivity index (χ0) is 19.4. The molecular formula is C20H22O7. The number of aliphatic hydroxyl groups excluding tert-OH is 1. The van der Waals surface area contributed by atoms with Crippen LogP contribution in [-0.4, -0.2) is 35.7 Å². The van der Waals surface area contributed by atoms with E-state index in [-0.39, 0.29) is 23.7 Å². The molecule has 144 valence electrons. The molecule has 7 nitrogen and oxygen atoms in total. The Morgan fingerprint density at radius 3 is 2.78 bits per heavy atom. The lowest BCUT2D eigenvalue weighted by Crippen LogP contribution is -2.37. The summed E-state index contributed by atoms with van der Waals surface area (Å²) in [4.78, 5) is 24.5. The first-order chi connectivity index (χ1) is 13.1. The smallest absolute Gasteiger partial charge is 0.370 e. The van der Waals surface area contributed by atoms with Gasteiger partial charge in [0.05, 0.1) is 11.6 Å². The summed E-state index contributed by atoms with van der Waals surface area (Å²) in [5.41, 5.74) is 0.603. The second kappa shape index (κ2) is 8.37. The van der Waals surface area contributed by atoms with Crippen LogP contribution in [0.25, 0.3) is 11.0 Å². The Hall–Kier alpha value is -2.64. The van der Waals surface area contributed by atoms with E-state index in [1.165, 1.54) is 12.3 Å². The second-order valence-electron chi connectivity index (χ2n) is 6.35. The van der Waals surface area contributed by atoms with Gasteiger partial charge in [-0.15, -0.1) is 0 Å². The highest BCUT2D eigenvalue weighted by Crippen LogP contribution is 2.38. The first-order valence-electron chi connectivity index (χ1n) is 8.91. The van der Waals surface area contributed by atoms with Crippen molar-refractivity contribution in [3.8, 4) is 0 Å². The highest BCUT2D eigenvalue weighted by molar-refractivity contribution is 5.84. The molecule has 2 heterocycles. The van der Waals surface area contributed by atoms with E-state index in [2.05, 4.69) is 0 Å². The minimum atomic E-state index is -1.23. The number of carboxylic acid groups (broad SMARTS) is 1. The molecule has 0 aliphatic carbocycles. The van der Waals surface area contributed by atoms with E-state index in [1.54, 1.807) is 31.2 Å². The normalized spacial score (nSPS) is 22.3. The van der Waals surface area contributed by atoms with Crippen molar-refractivity contribution in [1.82, 2.24) is 0 Å². The van der Waals surface area contributed by atoms with Gasteiger partial charge >= 0.3 is 5.97 Å². The van der Waals surface area contributed by atoms with Crippen molar-refractivity contribution in [3.63, 3.8) is 0 Å². The van der Waals surface area contributed by atoms with Gasteiger partial charge in [-0.05, 0) is 38.0 Å². The van der Waals surface area contributed by atoms with Gasteiger partial charge in [0.2, 0.25) is 12.0 Å². The number of allylic oxidation sites excluding steroid dienone is 1. The average molecular weight is 374 g/mol. The van der Waals surface area contributed by atoms with Gasteiger partial charge in [0.15, 0.2) is 5.43 Å². The number of benzene rings is 1. The fourth-order valence-corrected chi connectivity index (χ4v) is 3.44. The Labute approximate surface area is 155 Å². The number of aliphatic carboxylic acids is 1. The van der Waals surface area contributed by atoms with Crippen LogP contribution in [0, 0.1) is 5.92 Å². The van der Waals surface area contributed by atoms with Crippen molar-refractivity contribution in [2.75, 3.05) is 13.2 Å². The number of carbonyl (C=O) groups is 1. The molecule has 27 heavy (non-hydrogen) atoms. The predicted octanol–water partition coefficient (Wildman–Crippen LogP) is 2.63. The van der Waals surface area contributed by atoms with Crippen molar-refractivity contribution in [2.45, 2.75) is 32.0 Å². The summed E-state index contributed by atoms with van der Waals surface area (Å²) >= 11 is 0. The molecule has 1 aliphatic heterocycles. The van der Waals surface area contributed by atoms with Gasteiger partial charge in [-0.1, -0.05) is 12.1 Å². The molecule has 1 aromatic carbocycles. The molecule has 2 N–H and O–H groups in total. The topological polar surface area (TPSA) is 106 Å². The van der Waals surface area contributed by atoms with E-state index in [4.69, 9.17) is 13.9 Å². The van der Waals surface area contributed by atoms with Crippen molar-refractivity contribution in [3.05, 3.63) is 58.2 Å². The molecule has 0 saturated heterocycles. The largest absolute Gasteiger partial charge is 0.475 e. The first-order valence-corrected chi connectivity index (χ1v) is 8.91. The Bertz CT molecular complexity index is 899. The van der Waals surface area contributed by atoms with Gasteiger partial charge in [-0.2, -0.15) is 0 Å². The third kappa shape index (κ3) is 3.89. The van der Waals surface area contributed by atoms with E-state index in [9.17, 15) is 19.8 Å². The summed E-state index contributed by atoms with van der Waals surface area (Å²) < 4.78 is 16.7. The number of carboxylic acids is 1.